The topological polar surface area (TPSA) is 96.9 Å². The van der Waals surface area contributed by atoms with E-state index < -0.39 is 5.60 Å². The van der Waals surface area contributed by atoms with Gasteiger partial charge in [-0.15, -0.1) is 0 Å². The van der Waals surface area contributed by atoms with Crippen molar-refractivity contribution in [3.63, 3.8) is 0 Å². The summed E-state index contributed by atoms with van der Waals surface area (Å²) in [6.07, 6.45) is 4.11. The average Bonchev–Trinajstić information content (AvgIpc) is 2.95. The van der Waals surface area contributed by atoms with Gasteiger partial charge in [-0.3, -0.25) is 4.99 Å². The van der Waals surface area contributed by atoms with Gasteiger partial charge < -0.3 is 15.3 Å². The van der Waals surface area contributed by atoms with Gasteiger partial charge in [0.1, 0.15) is 18.0 Å². The van der Waals surface area contributed by atoms with Crippen molar-refractivity contribution < 1.29 is 5.11 Å². The standard InChI is InChI=1S/C23H24N6O/c1-23(2,30)18-5-8-21(26-13-18)28-22-20-9-10-29(14-17(20)12-25-15-27-22)19-6-3-16(11-24)4-7-19/h3-8,13,15,30H,9-10,12,14H2,1-2H3,(H,25,26,27,28). The molecule has 30 heavy (non-hydrogen) atoms. The van der Waals surface area contributed by atoms with Gasteiger partial charge in [-0.25, -0.2) is 9.98 Å². The summed E-state index contributed by atoms with van der Waals surface area (Å²) in [4.78, 5) is 15.7. The summed E-state index contributed by atoms with van der Waals surface area (Å²) in [6, 6.07) is 13.6. The number of hydrogen-bond acceptors (Lipinski definition) is 7. The van der Waals surface area contributed by atoms with Crippen molar-refractivity contribution in [3.8, 4) is 6.07 Å². The third-order valence-corrected chi connectivity index (χ3v) is 5.35. The van der Waals surface area contributed by atoms with E-state index in [0.29, 0.717) is 17.9 Å². The molecular weight excluding hydrogens is 376 g/mol. The molecule has 2 aromatic rings. The summed E-state index contributed by atoms with van der Waals surface area (Å²) >= 11 is 0. The minimum atomic E-state index is -0.925. The number of rotatable bonds is 3. The van der Waals surface area contributed by atoms with Crippen molar-refractivity contribution in [2.45, 2.75) is 25.9 Å². The van der Waals surface area contributed by atoms with E-state index in [0.717, 1.165) is 36.6 Å². The van der Waals surface area contributed by atoms with Crippen LogP contribution in [-0.2, 0) is 5.60 Å². The Labute approximate surface area is 176 Å². The number of nitriles is 1. The molecule has 0 unspecified atom stereocenters. The van der Waals surface area contributed by atoms with Crippen molar-refractivity contribution in [1.29, 1.82) is 5.26 Å². The first-order chi connectivity index (χ1) is 14.4. The first-order valence-electron chi connectivity index (χ1n) is 9.92. The van der Waals surface area contributed by atoms with Crippen LogP contribution in [0.15, 0.2) is 63.7 Å². The summed E-state index contributed by atoms with van der Waals surface area (Å²) in [7, 11) is 0. The van der Waals surface area contributed by atoms with Gasteiger partial charge in [0.05, 0.1) is 23.8 Å². The molecule has 0 saturated heterocycles. The number of amidine groups is 1. The second-order valence-corrected chi connectivity index (χ2v) is 7.96. The van der Waals surface area contributed by atoms with Crippen molar-refractivity contribution in [1.82, 2.24) is 4.98 Å². The number of pyridine rings is 1. The number of aromatic nitrogens is 1. The Morgan fingerprint density at radius 2 is 1.97 bits per heavy atom. The maximum absolute atomic E-state index is 10.1. The summed E-state index contributed by atoms with van der Waals surface area (Å²) in [5.74, 6) is 1.45. The van der Waals surface area contributed by atoms with Gasteiger partial charge in [0, 0.05) is 30.5 Å². The van der Waals surface area contributed by atoms with Crippen LogP contribution in [0.4, 0.5) is 11.5 Å². The predicted octanol–water partition coefficient (Wildman–Crippen LogP) is 3.24. The molecule has 4 rings (SSSR count). The molecule has 3 heterocycles. The number of nitrogens with zero attached hydrogens (tertiary/aromatic N) is 5. The lowest BCUT2D eigenvalue weighted by atomic mass is 9.98. The highest BCUT2D eigenvalue weighted by Gasteiger charge is 2.24. The molecule has 7 nitrogen and oxygen atoms in total. The van der Waals surface area contributed by atoms with Crippen molar-refractivity contribution >= 4 is 23.7 Å². The Morgan fingerprint density at radius 1 is 1.17 bits per heavy atom. The van der Waals surface area contributed by atoms with Crippen molar-refractivity contribution in [2.24, 2.45) is 9.98 Å². The fourth-order valence-corrected chi connectivity index (χ4v) is 3.61. The van der Waals surface area contributed by atoms with Gasteiger partial charge in [-0.05, 0) is 61.7 Å². The van der Waals surface area contributed by atoms with Gasteiger partial charge in [-0.1, -0.05) is 6.07 Å². The second-order valence-electron chi connectivity index (χ2n) is 7.96. The third kappa shape index (κ3) is 4.24. The number of hydrogen-bond donors (Lipinski definition) is 2. The molecule has 0 atom stereocenters. The summed E-state index contributed by atoms with van der Waals surface area (Å²) < 4.78 is 0. The highest BCUT2D eigenvalue weighted by atomic mass is 16.3. The third-order valence-electron chi connectivity index (χ3n) is 5.35. The Hall–Kier alpha value is -3.50. The normalized spacial score (nSPS) is 16.5. The number of anilines is 2. The fraction of sp³-hybridized carbons (Fsp3) is 0.304. The molecule has 152 valence electrons. The summed E-state index contributed by atoms with van der Waals surface area (Å²) in [5.41, 5.74) is 3.99. The van der Waals surface area contributed by atoms with E-state index in [2.05, 4.69) is 31.3 Å². The van der Waals surface area contributed by atoms with Crippen LogP contribution in [0.2, 0.25) is 0 Å². The molecule has 0 bridgehead atoms. The molecule has 7 heteroatoms. The fourth-order valence-electron chi connectivity index (χ4n) is 3.61. The van der Waals surface area contributed by atoms with Crippen molar-refractivity contribution in [2.75, 3.05) is 29.9 Å². The lowest BCUT2D eigenvalue weighted by Gasteiger charge is -2.32. The number of aliphatic hydroxyl groups is 1. The monoisotopic (exact) mass is 400 g/mol. The molecule has 0 amide bonds. The van der Waals surface area contributed by atoms with Crippen molar-refractivity contribution in [3.05, 3.63) is 64.9 Å². The lowest BCUT2D eigenvalue weighted by Crippen LogP contribution is -2.35. The zero-order chi connectivity index (χ0) is 21.1. The highest BCUT2D eigenvalue weighted by Crippen LogP contribution is 2.27. The molecule has 0 spiro atoms. The summed E-state index contributed by atoms with van der Waals surface area (Å²) in [6.45, 7) is 5.71. The van der Waals surface area contributed by atoms with Crippen LogP contribution in [0.25, 0.3) is 0 Å². The smallest absolute Gasteiger partial charge is 0.136 e. The molecule has 0 radical (unpaired) electrons. The minimum Gasteiger partial charge on any atom is -0.386 e. The van der Waals surface area contributed by atoms with E-state index in [-0.39, 0.29) is 0 Å². The summed E-state index contributed by atoms with van der Waals surface area (Å²) in [5, 5.41) is 22.4. The zero-order valence-electron chi connectivity index (χ0n) is 17.1. The first-order valence-corrected chi connectivity index (χ1v) is 9.92. The van der Waals surface area contributed by atoms with E-state index in [1.54, 1.807) is 26.4 Å². The lowest BCUT2D eigenvalue weighted by molar-refractivity contribution is 0.0782. The molecule has 0 saturated carbocycles. The van der Waals surface area contributed by atoms with Crippen LogP contribution in [0.5, 0.6) is 0 Å². The Balaban J connectivity index is 1.53. The number of nitrogens with one attached hydrogen (secondary N) is 1. The molecule has 2 aliphatic rings. The molecule has 2 aliphatic heterocycles. The SMILES string of the molecule is CC(C)(O)c1ccc(NC2=NC=NCC3=C2CCN(c2ccc(C#N)cc2)C3)nc1. The molecule has 0 aliphatic carbocycles. The molecular formula is C23H24N6O. The molecule has 0 fully saturated rings. The van der Waals surface area contributed by atoms with E-state index in [4.69, 9.17) is 5.26 Å². The maximum atomic E-state index is 10.1. The van der Waals surface area contributed by atoms with Gasteiger partial charge in [-0.2, -0.15) is 5.26 Å². The van der Waals surface area contributed by atoms with Gasteiger partial charge in [0.2, 0.25) is 0 Å². The van der Waals surface area contributed by atoms with Crippen LogP contribution >= 0.6 is 0 Å². The first kappa shape index (κ1) is 19.8. The quantitative estimate of drug-likeness (QED) is 0.824. The van der Waals surface area contributed by atoms with Crippen LogP contribution in [0.1, 0.15) is 31.4 Å². The zero-order valence-corrected chi connectivity index (χ0v) is 17.1. The second kappa shape index (κ2) is 8.09. The Morgan fingerprint density at radius 3 is 2.63 bits per heavy atom. The minimum absolute atomic E-state index is 0.613. The van der Waals surface area contributed by atoms with E-state index in [1.165, 1.54) is 11.1 Å². The van der Waals surface area contributed by atoms with Gasteiger partial charge in [0.15, 0.2) is 0 Å². The van der Waals surface area contributed by atoms with E-state index in [9.17, 15) is 5.11 Å². The largest absolute Gasteiger partial charge is 0.386 e. The van der Waals surface area contributed by atoms with Crippen LogP contribution in [0, 0.1) is 11.3 Å². The molecule has 2 N–H and O–H groups in total. The average molecular weight is 400 g/mol. The number of aliphatic imine (C=N–C) groups is 2. The molecule has 1 aromatic carbocycles. The Kier molecular flexibility index (Phi) is 5.34. The van der Waals surface area contributed by atoms with Gasteiger partial charge in [0.25, 0.3) is 0 Å². The predicted molar refractivity (Wildman–Crippen MR) is 119 cm³/mol. The van der Waals surface area contributed by atoms with Crippen LogP contribution < -0.4 is 10.2 Å². The number of benzene rings is 1. The Bertz CT molecular complexity index is 1050. The van der Waals surface area contributed by atoms with E-state index in [1.807, 2.05) is 36.4 Å². The van der Waals surface area contributed by atoms with Gasteiger partial charge >= 0.3 is 0 Å². The molecule has 1 aromatic heterocycles. The highest BCUT2D eigenvalue weighted by molar-refractivity contribution is 6.11. The van der Waals surface area contributed by atoms with Crippen LogP contribution in [0.3, 0.4) is 0 Å². The van der Waals surface area contributed by atoms with Crippen LogP contribution in [-0.4, -0.2) is 41.9 Å². The van der Waals surface area contributed by atoms with E-state index >= 15 is 0 Å². The maximum Gasteiger partial charge on any atom is 0.136 e.